The third-order valence-electron chi connectivity index (χ3n) is 5.62. The van der Waals surface area contributed by atoms with Crippen molar-refractivity contribution < 1.29 is 4.79 Å². The molecule has 122 valence electrons. The van der Waals surface area contributed by atoms with Crippen LogP contribution in [0.3, 0.4) is 0 Å². The predicted molar refractivity (Wildman–Crippen MR) is 88.0 cm³/mol. The summed E-state index contributed by atoms with van der Waals surface area (Å²) in [6.07, 6.45) is 8.40. The predicted octanol–water partition coefficient (Wildman–Crippen LogP) is 3.12. The number of nitrogens with one attached hydrogen (secondary N) is 1. The van der Waals surface area contributed by atoms with Gasteiger partial charge >= 0.3 is 0 Å². The highest BCUT2D eigenvalue weighted by Gasteiger charge is 2.34. The Morgan fingerprint density at radius 3 is 2.59 bits per heavy atom. The largest absolute Gasteiger partial charge is 0.370 e. The van der Waals surface area contributed by atoms with Gasteiger partial charge in [-0.15, -0.1) is 0 Å². The van der Waals surface area contributed by atoms with Crippen molar-refractivity contribution in [2.75, 3.05) is 11.9 Å². The average molecular weight is 304 g/mol. The molecule has 1 fully saturated rings. The van der Waals surface area contributed by atoms with Gasteiger partial charge in [-0.3, -0.25) is 4.79 Å². The average Bonchev–Trinajstić information content (AvgIpc) is 2.93. The number of carbonyl (C=O) groups is 1. The summed E-state index contributed by atoms with van der Waals surface area (Å²) in [5.41, 5.74) is 7.03. The van der Waals surface area contributed by atoms with E-state index in [9.17, 15) is 4.79 Å². The summed E-state index contributed by atoms with van der Waals surface area (Å²) >= 11 is 0. The van der Waals surface area contributed by atoms with Crippen LogP contribution in [0.2, 0.25) is 0 Å². The van der Waals surface area contributed by atoms with Gasteiger partial charge in [-0.05, 0) is 37.5 Å². The minimum Gasteiger partial charge on any atom is -0.370 e. The van der Waals surface area contributed by atoms with E-state index in [4.69, 9.17) is 10.8 Å². The van der Waals surface area contributed by atoms with Gasteiger partial charge in [0.15, 0.2) is 0 Å². The fourth-order valence-electron chi connectivity index (χ4n) is 4.27. The second-order valence-corrected chi connectivity index (χ2v) is 6.80. The van der Waals surface area contributed by atoms with Gasteiger partial charge in [0, 0.05) is 6.54 Å². The van der Waals surface area contributed by atoms with Crippen LogP contribution in [-0.2, 0) is 6.42 Å². The van der Waals surface area contributed by atoms with Crippen molar-refractivity contribution in [3.63, 3.8) is 0 Å². The Labute approximate surface area is 132 Å². The summed E-state index contributed by atoms with van der Waals surface area (Å²) in [7, 11) is 0. The number of aryl methyl sites for hydroxylation is 1. The van der Waals surface area contributed by atoms with E-state index < -0.39 is 0 Å². The molecule has 3 N–H and O–H groups in total. The molecule has 1 aliphatic carbocycles. The van der Waals surface area contributed by atoms with E-state index in [2.05, 4.69) is 16.9 Å². The topological polar surface area (TPSA) is 72.9 Å². The molecule has 1 aliphatic heterocycles. The lowest BCUT2D eigenvalue weighted by molar-refractivity contribution is 0.1000. The minimum atomic E-state index is -0.360. The first-order chi connectivity index (χ1) is 10.7. The van der Waals surface area contributed by atoms with Crippen LogP contribution in [0.4, 0.5) is 5.82 Å². The van der Waals surface area contributed by atoms with Crippen LogP contribution in [0.25, 0.3) is 0 Å². The Kier molecular flexibility index (Phi) is 4.41. The van der Waals surface area contributed by atoms with Gasteiger partial charge in [-0.25, -0.2) is 4.68 Å². The first-order valence-corrected chi connectivity index (χ1v) is 8.80. The number of carbonyl (C=O) groups excluding carboxylic acids is 1. The highest BCUT2D eigenvalue weighted by molar-refractivity contribution is 5.99. The number of amides is 1. The van der Waals surface area contributed by atoms with E-state index in [0.717, 1.165) is 36.8 Å². The molecule has 1 aromatic heterocycles. The van der Waals surface area contributed by atoms with Crippen molar-refractivity contribution in [1.29, 1.82) is 0 Å². The molecular weight excluding hydrogens is 276 g/mol. The van der Waals surface area contributed by atoms with Crippen LogP contribution >= 0.6 is 0 Å². The lowest BCUT2D eigenvalue weighted by Gasteiger charge is -2.36. The summed E-state index contributed by atoms with van der Waals surface area (Å²) in [5, 5.41) is 8.10. The van der Waals surface area contributed by atoms with Crippen LogP contribution in [0.1, 0.15) is 74.5 Å². The normalized spacial score (nSPS) is 28.0. The molecule has 0 saturated heterocycles. The summed E-state index contributed by atoms with van der Waals surface area (Å²) in [5.74, 6) is 2.09. The quantitative estimate of drug-likeness (QED) is 0.897. The van der Waals surface area contributed by atoms with E-state index in [1.165, 1.54) is 32.1 Å². The van der Waals surface area contributed by atoms with E-state index in [1.807, 2.05) is 6.92 Å². The van der Waals surface area contributed by atoms with Gasteiger partial charge in [0.25, 0.3) is 5.91 Å². The molecule has 1 unspecified atom stereocenters. The molecule has 5 nitrogen and oxygen atoms in total. The standard InChI is InChI=1S/C17H28N4O/c1-3-11-5-7-12(8-6-11)14-9-10-19-17-15(16(18)22)13(4-2)20-21(14)17/h11-12,14,19H,3-10H2,1-2H3,(H2,18,22). The van der Waals surface area contributed by atoms with Crippen molar-refractivity contribution in [2.24, 2.45) is 17.6 Å². The number of rotatable bonds is 4. The first kappa shape index (κ1) is 15.4. The van der Waals surface area contributed by atoms with Crippen molar-refractivity contribution >= 4 is 11.7 Å². The smallest absolute Gasteiger partial charge is 0.254 e. The highest BCUT2D eigenvalue weighted by Crippen LogP contribution is 2.41. The fraction of sp³-hybridized carbons (Fsp3) is 0.765. The van der Waals surface area contributed by atoms with E-state index in [0.29, 0.717) is 17.5 Å². The number of hydrogen-bond acceptors (Lipinski definition) is 3. The molecule has 1 atom stereocenters. The molecule has 2 aliphatic rings. The van der Waals surface area contributed by atoms with E-state index >= 15 is 0 Å². The van der Waals surface area contributed by atoms with Crippen LogP contribution in [-0.4, -0.2) is 22.2 Å². The van der Waals surface area contributed by atoms with Crippen molar-refractivity contribution in [1.82, 2.24) is 9.78 Å². The molecule has 2 heterocycles. The molecule has 1 aromatic rings. The Balaban J connectivity index is 1.87. The lowest BCUT2D eigenvalue weighted by Crippen LogP contribution is -2.32. The van der Waals surface area contributed by atoms with Crippen LogP contribution in [0.15, 0.2) is 0 Å². The second-order valence-electron chi connectivity index (χ2n) is 6.80. The molecular formula is C17H28N4O. The Bertz CT molecular complexity index is 543. The summed E-state index contributed by atoms with van der Waals surface area (Å²) < 4.78 is 2.08. The number of primary amides is 1. The number of anilines is 1. The molecule has 1 amide bonds. The van der Waals surface area contributed by atoms with E-state index in [1.54, 1.807) is 0 Å². The molecule has 0 aromatic carbocycles. The van der Waals surface area contributed by atoms with Crippen molar-refractivity contribution in [3.05, 3.63) is 11.3 Å². The fourth-order valence-corrected chi connectivity index (χ4v) is 4.27. The SMILES string of the molecule is CCc1nn2c(c1C(N)=O)NCCC2C1CCC(CC)CC1. The number of nitrogens with zero attached hydrogens (tertiary/aromatic N) is 2. The van der Waals surface area contributed by atoms with E-state index in [-0.39, 0.29) is 5.91 Å². The van der Waals surface area contributed by atoms with Gasteiger partial charge in [0.05, 0.1) is 11.7 Å². The maximum Gasteiger partial charge on any atom is 0.254 e. The van der Waals surface area contributed by atoms with Crippen molar-refractivity contribution in [3.8, 4) is 0 Å². The summed E-state index contributed by atoms with van der Waals surface area (Å²) in [6, 6.07) is 0.424. The van der Waals surface area contributed by atoms with Gasteiger partial charge in [0.2, 0.25) is 0 Å². The zero-order chi connectivity index (χ0) is 15.7. The van der Waals surface area contributed by atoms with Gasteiger partial charge < -0.3 is 11.1 Å². The highest BCUT2D eigenvalue weighted by atomic mass is 16.1. The number of nitrogens with two attached hydrogens (primary N) is 1. The van der Waals surface area contributed by atoms with Crippen molar-refractivity contribution in [2.45, 2.75) is 64.8 Å². The van der Waals surface area contributed by atoms with Crippen LogP contribution in [0.5, 0.6) is 0 Å². The number of fused-ring (bicyclic) bond motifs is 1. The molecule has 1 saturated carbocycles. The van der Waals surface area contributed by atoms with Crippen LogP contribution in [0, 0.1) is 11.8 Å². The molecule has 3 rings (SSSR count). The monoisotopic (exact) mass is 304 g/mol. The Hall–Kier alpha value is -1.52. The molecule has 0 bridgehead atoms. The molecule has 0 radical (unpaired) electrons. The zero-order valence-electron chi connectivity index (χ0n) is 13.8. The lowest BCUT2D eigenvalue weighted by atomic mass is 9.76. The third kappa shape index (κ3) is 2.61. The maximum absolute atomic E-state index is 11.8. The summed E-state index contributed by atoms with van der Waals surface area (Å²) in [4.78, 5) is 11.8. The third-order valence-corrected chi connectivity index (χ3v) is 5.62. The zero-order valence-corrected chi connectivity index (χ0v) is 13.8. The van der Waals surface area contributed by atoms with Crippen LogP contribution < -0.4 is 11.1 Å². The van der Waals surface area contributed by atoms with Gasteiger partial charge in [-0.2, -0.15) is 5.10 Å². The number of hydrogen-bond donors (Lipinski definition) is 2. The van der Waals surface area contributed by atoms with Gasteiger partial charge in [0.1, 0.15) is 11.4 Å². The maximum atomic E-state index is 11.8. The Morgan fingerprint density at radius 1 is 1.27 bits per heavy atom. The minimum absolute atomic E-state index is 0.360. The molecule has 0 spiro atoms. The number of aromatic nitrogens is 2. The Morgan fingerprint density at radius 2 is 2.00 bits per heavy atom. The summed E-state index contributed by atoms with van der Waals surface area (Å²) in [6.45, 7) is 5.24. The molecule has 22 heavy (non-hydrogen) atoms. The van der Waals surface area contributed by atoms with Gasteiger partial charge in [-0.1, -0.05) is 33.1 Å². The second kappa shape index (κ2) is 6.31. The molecule has 5 heteroatoms. The first-order valence-electron chi connectivity index (χ1n) is 8.80.